The first-order valence-electron chi connectivity index (χ1n) is 8.13. The summed E-state index contributed by atoms with van der Waals surface area (Å²) >= 11 is 12.4. The van der Waals surface area contributed by atoms with E-state index in [9.17, 15) is 4.79 Å². The van der Waals surface area contributed by atoms with Crippen LogP contribution in [0.2, 0.25) is 10.0 Å². The minimum atomic E-state index is -0.342. The van der Waals surface area contributed by atoms with Gasteiger partial charge in [0, 0.05) is 32.6 Å². The van der Waals surface area contributed by atoms with Gasteiger partial charge in [-0.25, -0.2) is 4.79 Å². The Hall–Kier alpha value is -1.97. The van der Waals surface area contributed by atoms with Gasteiger partial charge in [0.15, 0.2) is 0 Å². The smallest absolute Gasteiger partial charge is 0.336 e. The zero-order valence-electron chi connectivity index (χ0n) is 14.1. The van der Waals surface area contributed by atoms with Gasteiger partial charge in [0.25, 0.3) is 0 Å². The molecule has 3 aromatic rings. The Morgan fingerprint density at radius 2 is 1.84 bits per heavy atom. The molecule has 25 heavy (non-hydrogen) atoms. The predicted octanol–water partition coefficient (Wildman–Crippen LogP) is 5.94. The molecule has 0 aliphatic heterocycles. The van der Waals surface area contributed by atoms with Crippen molar-refractivity contribution in [3.8, 4) is 5.75 Å². The van der Waals surface area contributed by atoms with Crippen LogP contribution in [-0.4, -0.2) is 0 Å². The molecule has 0 fully saturated rings. The minimum Gasteiger partial charge on any atom is -0.488 e. The highest BCUT2D eigenvalue weighted by Gasteiger charge is 2.13. The van der Waals surface area contributed by atoms with Gasteiger partial charge < -0.3 is 9.15 Å². The lowest BCUT2D eigenvalue weighted by Crippen LogP contribution is -2.03. The molecule has 0 aliphatic rings. The summed E-state index contributed by atoms with van der Waals surface area (Å²) in [6.07, 6.45) is 1.79. The highest BCUT2D eigenvalue weighted by Crippen LogP contribution is 2.31. The number of fused-ring (bicyclic) bond motifs is 1. The van der Waals surface area contributed by atoms with Crippen LogP contribution in [0.5, 0.6) is 5.75 Å². The van der Waals surface area contributed by atoms with Gasteiger partial charge in [-0.3, -0.25) is 0 Å². The standard InChI is InChI=1S/C20H18Cl2O3/c1-3-5-13-10-19(23)25-20-12(2)18(9-8-14(13)20)24-11-15-16(21)6-4-7-17(15)22/h4,6-10H,3,5,11H2,1-2H3. The van der Waals surface area contributed by atoms with Crippen molar-refractivity contribution in [1.29, 1.82) is 0 Å². The second-order valence-corrected chi connectivity index (χ2v) is 6.71. The molecule has 0 unspecified atom stereocenters. The molecule has 0 spiro atoms. The van der Waals surface area contributed by atoms with Crippen LogP contribution in [0, 0.1) is 6.92 Å². The third-order valence-corrected chi connectivity index (χ3v) is 4.86. The van der Waals surface area contributed by atoms with Crippen molar-refractivity contribution < 1.29 is 9.15 Å². The van der Waals surface area contributed by atoms with Crippen molar-refractivity contribution in [2.75, 3.05) is 0 Å². The van der Waals surface area contributed by atoms with Gasteiger partial charge in [-0.15, -0.1) is 0 Å². The Morgan fingerprint density at radius 3 is 2.52 bits per heavy atom. The van der Waals surface area contributed by atoms with E-state index < -0.39 is 0 Å². The molecule has 1 aromatic heterocycles. The molecule has 0 saturated carbocycles. The lowest BCUT2D eigenvalue weighted by molar-refractivity contribution is 0.304. The number of hydrogen-bond donors (Lipinski definition) is 0. The Morgan fingerprint density at radius 1 is 1.12 bits per heavy atom. The molecular formula is C20H18Cl2O3. The van der Waals surface area contributed by atoms with Gasteiger partial charge in [0.05, 0.1) is 0 Å². The highest BCUT2D eigenvalue weighted by atomic mass is 35.5. The van der Waals surface area contributed by atoms with E-state index in [1.165, 1.54) is 0 Å². The van der Waals surface area contributed by atoms with E-state index in [0.29, 0.717) is 21.4 Å². The van der Waals surface area contributed by atoms with Crippen LogP contribution >= 0.6 is 23.2 Å². The van der Waals surface area contributed by atoms with Gasteiger partial charge in [-0.05, 0) is 43.2 Å². The lowest BCUT2D eigenvalue weighted by Gasteiger charge is -2.13. The summed E-state index contributed by atoms with van der Waals surface area (Å²) in [6, 6.07) is 10.7. The normalized spacial score (nSPS) is 11.0. The number of rotatable bonds is 5. The van der Waals surface area contributed by atoms with Gasteiger partial charge in [-0.2, -0.15) is 0 Å². The molecule has 0 atom stereocenters. The van der Waals surface area contributed by atoms with Gasteiger partial charge >= 0.3 is 5.63 Å². The average Bonchev–Trinajstić information content (AvgIpc) is 2.57. The third-order valence-electron chi connectivity index (χ3n) is 4.15. The minimum absolute atomic E-state index is 0.240. The molecular weight excluding hydrogens is 359 g/mol. The molecule has 0 aliphatic carbocycles. The van der Waals surface area contributed by atoms with Crippen LogP contribution < -0.4 is 10.4 Å². The molecule has 0 radical (unpaired) electrons. The maximum atomic E-state index is 11.9. The summed E-state index contributed by atoms with van der Waals surface area (Å²) in [7, 11) is 0. The fourth-order valence-corrected chi connectivity index (χ4v) is 3.37. The van der Waals surface area contributed by atoms with E-state index in [-0.39, 0.29) is 12.2 Å². The van der Waals surface area contributed by atoms with Crippen molar-refractivity contribution in [2.24, 2.45) is 0 Å². The van der Waals surface area contributed by atoms with Crippen LogP contribution in [0.3, 0.4) is 0 Å². The summed E-state index contributed by atoms with van der Waals surface area (Å²) in [5, 5.41) is 2.06. The van der Waals surface area contributed by atoms with Crippen molar-refractivity contribution in [3.05, 3.63) is 73.6 Å². The predicted molar refractivity (Wildman–Crippen MR) is 102 cm³/mol. The Balaban J connectivity index is 1.98. The number of aryl methyl sites for hydroxylation is 2. The molecule has 0 N–H and O–H groups in total. The van der Waals surface area contributed by atoms with Crippen LogP contribution in [-0.2, 0) is 13.0 Å². The number of ether oxygens (including phenoxy) is 1. The van der Waals surface area contributed by atoms with E-state index >= 15 is 0 Å². The number of halogens is 2. The van der Waals surface area contributed by atoms with Gasteiger partial charge in [-0.1, -0.05) is 42.6 Å². The first kappa shape index (κ1) is 17.8. The molecule has 0 amide bonds. The SMILES string of the molecule is CCCc1cc(=O)oc2c(C)c(OCc3c(Cl)cccc3Cl)ccc12. The zero-order valence-corrected chi connectivity index (χ0v) is 15.6. The summed E-state index contributed by atoms with van der Waals surface area (Å²) < 4.78 is 11.3. The summed E-state index contributed by atoms with van der Waals surface area (Å²) in [4.78, 5) is 11.9. The molecule has 5 heteroatoms. The van der Waals surface area contributed by atoms with E-state index in [4.69, 9.17) is 32.4 Å². The van der Waals surface area contributed by atoms with E-state index in [1.54, 1.807) is 24.3 Å². The molecule has 3 nitrogen and oxygen atoms in total. The first-order chi connectivity index (χ1) is 12.0. The maximum absolute atomic E-state index is 11.9. The molecule has 1 heterocycles. The van der Waals surface area contributed by atoms with E-state index in [2.05, 4.69) is 6.92 Å². The van der Waals surface area contributed by atoms with Crippen molar-refractivity contribution in [1.82, 2.24) is 0 Å². The zero-order chi connectivity index (χ0) is 18.0. The van der Waals surface area contributed by atoms with Crippen LogP contribution in [0.15, 0.2) is 45.6 Å². The van der Waals surface area contributed by atoms with Gasteiger partial charge in [0.2, 0.25) is 0 Å². The number of hydrogen-bond acceptors (Lipinski definition) is 3. The lowest BCUT2D eigenvalue weighted by atomic mass is 10.0. The van der Waals surface area contributed by atoms with Gasteiger partial charge in [0.1, 0.15) is 17.9 Å². The van der Waals surface area contributed by atoms with E-state index in [0.717, 1.165) is 34.9 Å². The van der Waals surface area contributed by atoms with Crippen LogP contribution in [0.25, 0.3) is 11.0 Å². The largest absolute Gasteiger partial charge is 0.488 e. The molecule has 2 aromatic carbocycles. The maximum Gasteiger partial charge on any atom is 0.336 e. The Bertz CT molecular complexity index is 956. The molecule has 0 bridgehead atoms. The summed E-state index contributed by atoms with van der Waals surface area (Å²) in [5.41, 5.74) is 2.74. The fourth-order valence-electron chi connectivity index (χ4n) is 2.86. The average molecular weight is 377 g/mol. The third kappa shape index (κ3) is 3.68. The molecule has 130 valence electrons. The quantitative estimate of drug-likeness (QED) is 0.517. The highest BCUT2D eigenvalue weighted by molar-refractivity contribution is 6.35. The monoisotopic (exact) mass is 376 g/mol. The topological polar surface area (TPSA) is 39.4 Å². The number of benzene rings is 2. The summed E-state index contributed by atoms with van der Waals surface area (Å²) in [5.74, 6) is 0.639. The van der Waals surface area contributed by atoms with Crippen LogP contribution in [0.1, 0.15) is 30.0 Å². The van der Waals surface area contributed by atoms with Crippen molar-refractivity contribution >= 4 is 34.2 Å². The second-order valence-electron chi connectivity index (χ2n) is 5.89. The Labute approximate surface area is 156 Å². The Kier molecular flexibility index (Phi) is 5.36. The molecule has 3 rings (SSSR count). The first-order valence-corrected chi connectivity index (χ1v) is 8.89. The molecule has 0 saturated heterocycles. The summed E-state index contributed by atoms with van der Waals surface area (Å²) in [6.45, 7) is 4.20. The van der Waals surface area contributed by atoms with Crippen molar-refractivity contribution in [3.63, 3.8) is 0 Å². The van der Waals surface area contributed by atoms with Crippen LogP contribution in [0.4, 0.5) is 0 Å². The van der Waals surface area contributed by atoms with Crippen molar-refractivity contribution in [2.45, 2.75) is 33.3 Å². The second kappa shape index (κ2) is 7.51. The van der Waals surface area contributed by atoms with E-state index in [1.807, 2.05) is 19.1 Å². The fraction of sp³-hybridized carbons (Fsp3) is 0.250.